The van der Waals surface area contributed by atoms with Crippen LogP contribution in [0.15, 0.2) is 17.1 Å². The van der Waals surface area contributed by atoms with Crippen molar-refractivity contribution in [1.29, 1.82) is 0 Å². The van der Waals surface area contributed by atoms with Crippen LogP contribution in [-0.2, 0) is 10.5 Å². The minimum Gasteiger partial charge on any atom is -0.384 e. The SMILES string of the molecule is CCCCC[C@@]1(n2ccc(N)nc2=O)O[C@H](C)[C@@H](O)[C@]1(O)F. The van der Waals surface area contributed by atoms with Crippen molar-refractivity contribution in [3.63, 3.8) is 0 Å². The van der Waals surface area contributed by atoms with E-state index in [2.05, 4.69) is 4.98 Å². The molecule has 1 aromatic heterocycles. The molecule has 0 bridgehead atoms. The number of aliphatic hydroxyl groups excluding tert-OH is 1. The molecule has 1 saturated heterocycles. The van der Waals surface area contributed by atoms with E-state index in [9.17, 15) is 19.4 Å². The number of anilines is 1. The van der Waals surface area contributed by atoms with E-state index in [1.165, 1.54) is 19.2 Å². The lowest BCUT2D eigenvalue weighted by Crippen LogP contribution is -2.57. The lowest BCUT2D eigenvalue weighted by molar-refractivity contribution is -0.264. The number of aliphatic hydroxyl groups is 2. The van der Waals surface area contributed by atoms with Crippen molar-refractivity contribution in [2.75, 3.05) is 5.73 Å². The van der Waals surface area contributed by atoms with Crippen molar-refractivity contribution in [1.82, 2.24) is 9.55 Å². The van der Waals surface area contributed by atoms with E-state index in [1.807, 2.05) is 6.92 Å². The largest absolute Gasteiger partial charge is 0.384 e. The zero-order chi connectivity index (χ0) is 16.5. The van der Waals surface area contributed by atoms with E-state index in [1.54, 1.807) is 0 Å². The summed E-state index contributed by atoms with van der Waals surface area (Å²) in [5, 5.41) is 20.1. The van der Waals surface area contributed by atoms with Gasteiger partial charge in [0.15, 0.2) is 0 Å². The topological polar surface area (TPSA) is 111 Å². The Bertz CT molecular complexity index is 592. The molecule has 1 aromatic rings. The third-order valence-corrected chi connectivity index (χ3v) is 4.10. The number of ether oxygens (including phenoxy) is 1. The summed E-state index contributed by atoms with van der Waals surface area (Å²) >= 11 is 0. The molecule has 0 aromatic carbocycles. The second-order valence-electron chi connectivity index (χ2n) is 5.69. The van der Waals surface area contributed by atoms with Crippen LogP contribution in [0.25, 0.3) is 0 Å². The summed E-state index contributed by atoms with van der Waals surface area (Å²) in [6.07, 6.45) is 0.669. The van der Waals surface area contributed by atoms with Gasteiger partial charge >= 0.3 is 5.69 Å². The maximum atomic E-state index is 14.9. The van der Waals surface area contributed by atoms with Crippen LogP contribution in [0.4, 0.5) is 10.2 Å². The number of hydrogen-bond donors (Lipinski definition) is 3. The molecule has 1 fully saturated rings. The Morgan fingerprint density at radius 2 is 2.23 bits per heavy atom. The highest BCUT2D eigenvalue weighted by Gasteiger charge is 2.66. The summed E-state index contributed by atoms with van der Waals surface area (Å²) in [4.78, 5) is 15.7. The van der Waals surface area contributed by atoms with E-state index >= 15 is 0 Å². The Labute approximate surface area is 127 Å². The maximum Gasteiger partial charge on any atom is 0.352 e. The maximum absolute atomic E-state index is 14.9. The number of halogens is 1. The molecule has 0 radical (unpaired) electrons. The summed E-state index contributed by atoms with van der Waals surface area (Å²) in [7, 11) is 0. The summed E-state index contributed by atoms with van der Waals surface area (Å²) in [5.74, 6) is -3.12. The Morgan fingerprint density at radius 1 is 1.55 bits per heavy atom. The number of alkyl halides is 1. The van der Waals surface area contributed by atoms with Crippen LogP contribution >= 0.6 is 0 Å². The number of nitrogens with two attached hydrogens (primary N) is 1. The van der Waals surface area contributed by atoms with Gasteiger partial charge in [0.05, 0.1) is 6.10 Å². The van der Waals surface area contributed by atoms with Gasteiger partial charge in [-0.2, -0.15) is 4.98 Å². The molecular formula is C14H22FN3O4. The molecule has 2 rings (SSSR count). The van der Waals surface area contributed by atoms with Crippen LogP contribution in [0.1, 0.15) is 39.5 Å². The monoisotopic (exact) mass is 315 g/mol. The molecule has 0 unspecified atom stereocenters. The fourth-order valence-electron chi connectivity index (χ4n) is 2.88. The quantitative estimate of drug-likeness (QED) is 0.682. The van der Waals surface area contributed by atoms with E-state index in [4.69, 9.17) is 10.5 Å². The van der Waals surface area contributed by atoms with Crippen LogP contribution in [0.3, 0.4) is 0 Å². The molecular weight excluding hydrogens is 293 g/mol. The van der Waals surface area contributed by atoms with Gasteiger partial charge in [-0.15, -0.1) is 0 Å². The van der Waals surface area contributed by atoms with Crippen molar-refractivity contribution in [2.45, 2.75) is 63.3 Å². The van der Waals surface area contributed by atoms with E-state index in [0.717, 1.165) is 17.4 Å². The minimum absolute atomic E-state index is 0.0149. The molecule has 1 aliphatic heterocycles. The van der Waals surface area contributed by atoms with Gasteiger partial charge < -0.3 is 20.7 Å². The Hall–Kier alpha value is -1.51. The first-order chi connectivity index (χ1) is 10.3. The first-order valence-corrected chi connectivity index (χ1v) is 7.39. The van der Waals surface area contributed by atoms with E-state index in [0.29, 0.717) is 6.42 Å². The highest BCUT2D eigenvalue weighted by molar-refractivity contribution is 5.24. The smallest absolute Gasteiger partial charge is 0.352 e. The predicted octanol–water partition coefficient (Wildman–Crippen LogP) is 0.496. The zero-order valence-corrected chi connectivity index (χ0v) is 12.7. The molecule has 7 nitrogen and oxygen atoms in total. The van der Waals surface area contributed by atoms with Crippen molar-refractivity contribution in [3.8, 4) is 0 Å². The first kappa shape index (κ1) is 16.9. The van der Waals surface area contributed by atoms with E-state index < -0.39 is 29.5 Å². The summed E-state index contributed by atoms with van der Waals surface area (Å²) in [6.45, 7) is 3.41. The predicted molar refractivity (Wildman–Crippen MR) is 77.6 cm³/mol. The van der Waals surface area contributed by atoms with Gasteiger partial charge in [-0.3, -0.25) is 4.57 Å². The fraction of sp³-hybridized carbons (Fsp3) is 0.714. The molecule has 1 aliphatic rings. The van der Waals surface area contributed by atoms with Crippen molar-refractivity contribution >= 4 is 5.82 Å². The molecule has 4 N–H and O–H groups in total. The molecule has 0 saturated carbocycles. The van der Waals surface area contributed by atoms with Crippen LogP contribution in [0, 0.1) is 0 Å². The molecule has 4 atom stereocenters. The molecule has 0 aliphatic carbocycles. The standard InChI is InChI=1S/C14H22FN3O4/c1-3-4-5-7-13(14(15,21)11(19)9(2)22-13)18-8-6-10(16)17-12(18)20/h6,8-9,11,19,21H,3-5,7H2,1-2H3,(H2,16,17,20)/t9-,11-,13-,14-/m1/s1. The molecule has 0 spiro atoms. The highest BCUT2D eigenvalue weighted by Crippen LogP contribution is 2.47. The number of hydrogen-bond acceptors (Lipinski definition) is 6. The number of nitrogens with zero attached hydrogens (tertiary/aromatic N) is 2. The zero-order valence-electron chi connectivity index (χ0n) is 12.7. The second-order valence-corrected chi connectivity index (χ2v) is 5.69. The van der Waals surface area contributed by atoms with Gasteiger partial charge in [0, 0.05) is 12.6 Å². The van der Waals surface area contributed by atoms with Gasteiger partial charge in [-0.25, -0.2) is 9.18 Å². The Morgan fingerprint density at radius 3 is 2.73 bits per heavy atom. The van der Waals surface area contributed by atoms with Crippen LogP contribution in [0.5, 0.6) is 0 Å². The molecule has 8 heteroatoms. The average Bonchev–Trinajstić information content (AvgIpc) is 2.61. The second kappa shape index (κ2) is 5.94. The first-order valence-electron chi connectivity index (χ1n) is 7.39. The third kappa shape index (κ3) is 2.51. The van der Waals surface area contributed by atoms with Crippen molar-refractivity contribution in [2.24, 2.45) is 0 Å². The lowest BCUT2D eigenvalue weighted by Gasteiger charge is -2.37. The third-order valence-electron chi connectivity index (χ3n) is 4.10. The molecule has 2 heterocycles. The van der Waals surface area contributed by atoms with Gasteiger partial charge in [0.25, 0.3) is 5.85 Å². The van der Waals surface area contributed by atoms with E-state index in [-0.39, 0.29) is 12.2 Å². The number of unbranched alkanes of at least 4 members (excludes halogenated alkanes) is 2. The summed E-state index contributed by atoms with van der Waals surface area (Å²) in [5.41, 5.74) is 2.59. The Kier molecular flexibility index (Phi) is 4.55. The van der Waals surface area contributed by atoms with Gasteiger partial charge in [-0.1, -0.05) is 19.8 Å². The van der Waals surface area contributed by atoms with Crippen LogP contribution in [0.2, 0.25) is 0 Å². The van der Waals surface area contributed by atoms with Crippen LogP contribution < -0.4 is 11.4 Å². The summed E-state index contributed by atoms with van der Waals surface area (Å²) in [6, 6.07) is 1.32. The molecule has 124 valence electrons. The van der Waals surface area contributed by atoms with Crippen molar-refractivity contribution in [3.05, 3.63) is 22.7 Å². The number of rotatable bonds is 5. The summed E-state index contributed by atoms with van der Waals surface area (Å²) < 4.78 is 21.3. The Balaban J connectivity index is 2.54. The number of aromatic nitrogens is 2. The average molecular weight is 315 g/mol. The van der Waals surface area contributed by atoms with Gasteiger partial charge in [0.2, 0.25) is 5.72 Å². The normalized spacial score (nSPS) is 35.0. The fourth-order valence-corrected chi connectivity index (χ4v) is 2.88. The van der Waals surface area contributed by atoms with Crippen molar-refractivity contribution < 1.29 is 19.3 Å². The lowest BCUT2D eigenvalue weighted by atomic mass is 9.94. The van der Waals surface area contributed by atoms with Gasteiger partial charge in [0.1, 0.15) is 11.9 Å². The van der Waals surface area contributed by atoms with Crippen LogP contribution in [-0.4, -0.2) is 37.8 Å². The minimum atomic E-state index is -3.11. The highest BCUT2D eigenvalue weighted by atomic mass is 19.2. The number of nitrogen functional groups attached to an aromatic ring is 1. The molecule has 22 heavy (non-hydrogen) atoms. The van der Waals surface area contributed by atoms with Gasteiger partial charge in [-0.05, 0) is 19.4 Å². The molecule has 0 amide bonds.